The topological polar surface area (TPSA) is 66.6 Å². The Labute approximate surface area is 91.2 Å². The molecule has 0 radical (unpaired) electrons. The van der Waals surface area contributed by atoms with Crippen molar-refractivity contribution in [3.05, 3.63) is 0 Å². The molecular formula is C9H15F3N2O2. The van der Waals surface area contributed by atoms with Gasteiger partial charge in [-0.3, -0.25) is 4.90 Å². The molecule has 0 saturated carbocycles. The van der Waals surface area contributed by atoms with Crippen molar-refractivity contribution in [2.75, 3.05) is 6.54 Å². The fourth-order valence-electron chi connectivity index (χ4n) is 2.02. The van der Waals surface area contributed by atoms with Gasteiger partial charge in [0.2, 0.25) is 0 Å². The monoisotopic (exact) mass is 240 g/mol. The standard InChI is InChI=1S/C9H15F3N2O2/c1-2-4-8(13)9(11,12)6(10)3-5-14(8)7(15)16/h6H,2-5,13H2,1H3,(H,15,16). The van der Waals surface area contributed by atoms with Crippen LogP contribution in [0.5, 0.6) is 0 Å². The lowest BCUT2D eigenvalue weighted by molar-refractivity contribution is -0.202. The van der Waals surface area contributed by atoms with Gasteiger partial charge in [-0.2, -0.15) is 8.78 Å². The van der Waals surface area contributed by atoms with Gasteiger partial charge in [-0.1, -0.05) is 13.3 Å². The number of rotatable bonds is 2. The van der Waals surface area contributed by atoms with E-state index in [0.717, 1.165) is 0 Å². The molecule has 1 fully saturated rings. The van der Waals surface area contributed by atoms with Crippen molar-refractivity contribution in [2.24, 2.45) is 5.73 Å². The minimum absolute atomic E-state index is 0.253. The average molecular weight is 240 g/mol. The van der Waals surface area contributed by atoms with Crippen LogP contribution in [0.1, 0.15) is 26.2 Å². The van der Waals surface area contributed by atoms with Gasteiger partial charge in [-0.25, -0.2) is 9.18 Å². The number of carbonyl (C=O) groups is 1. The normalized spacial score (nSPS) is 33.8. The minimum Gasteiger partial charge on any atom is -0.465 e. The first-order valence-corrected chi connectivity index (χ1v) is 5.08. The molecule has 0 aromatic carbocycles. The highest BCUT2D eigenvalue weighted by Crippen LogP contribution is 2.42. The lowest BCUT2D eigenvalue weighted by atomic mass is 9.86. The molecule has 3 N–H and O–H groups in total. The molecule has 1 amide bonds. The second kappa shape index (κ2) is 4.12. The van der Waals surface area contributed by atoms with Gasteiger partial charge in [0, 0.05) is 13.0 Å². The molecule has 0 aromatic heterocycles. The van der Waals surface area contributed by atoms with Crippen molar-refractivity contribution in [2.45, 2.75) is 43.9 Å². The third-order valence-electron chi connectivity index (χ3n) is 2.92. The first kappa shape index (κ1) is 13.1. The molecule has 1 heterocycles. The zero-order valence-corrected chi connectivity index (χ0v) is 8.92. The summed E-state index contributed by atoms with van der Waals surface area (Å²) in [7, 11) is 0. The fraction of sp³-hybridized carbons (Fsp3) is 0.889. The highest BCUT2D eigenvalue weighted by Gasteiger charge is 2.63. The molecule has 1 saturated heterocycles. The average Bonchev–Trinajstić information content (AvgIpc) is 2.15. The number of alkyl halides is 3. The largest absolute Gasteiger partial charge is 0.465 e. The molecule has 1 rings (SSSR count). The molecule has 1 aliphatic rings. The van der Waals surface area contributed by atoms with Crippen molar-refractivity contribution in [3.8, 4) is 0 Å². The summed E-state index contributed by atoms with van der Waals surface area (Å²) < 4.78 is 40.4. The third-order valence-corrected chi connectivity index (χ3v) is 2.92. The second-order valence-corrected chi connectivity index (χ2v) is 3.99. The van der Waals surface area contributed by atoms with Crippen LogP contribution in [-0.2, 0) is 0 Å². The molecule has 16 heavy (non-hydrogen) atoms. The maximum Gasteiger partial charge on any atom is 0.408 e. The zero-order valence-electron chi connectivity index (χ0n) is 8.92. The van der Waals surface area contributed by atoms with E-state index in [9.17, 15) is 18.0 Å². The van der Waals surface area contributed by atoms with Crippen LogP contribution in [0.25, 0.3) is 0 Å². The van der Waals surface area contributed by atoms with E-state index in [4.69, 9.17) is 10.8 Å². The van der Waals surface area contributed by atoms with Crippen LogP contribution in [0.2, 0.25) is 0 Å². The predicted molar refractivity (Wildman–Crippen MR) is 51.0 cm³/mol. The van der Waals surface area contributed by atoms with Gasteiger partial charge < -0.3 is 10.8 Å². The Morgan fingerprint density at radius 3 is 2.62 bits per heavy atom. The van der Waals surface area contributed by atoms with E-state index >= 15 is 0 Å². The van der Waals surface area contributed by atoms with Crippen molar-refractivity contribution in [3.63, 3.8) is 0 Å². The van der Waals surface area contributed by atoms with Gasteiger partial charge in [0.05, 0.1) is 0 Å². The number of likely N-dealkylation sites (tertiary alicyclic amines) is 1. The van der Waals surface area contributed by atoms with Crippen LogP contribution in [0.15, 0.2) is 0 Å². The van der Waals surface area contributed by atoms with Crippen LogP contribution >= 0.6 is 0 Å². The summed E-state index contributed by atoms with van der Waals surface area (Å²) >= 11 is 0. The van der Waals surface area contributed by atoms with Crippen LogP contribution in [0, 0.1) is 0 Å². The summed E-state index contributed by atoms with van der Waals surface area (Å²) in [5.74, 6) is -3.85. The summed E-state index contributed by atoms with van der Waals surface area (Å²) in [5.41, 5.74) is 3.00. The lowest BCUT2D eigenvalue weighted by Crippen LogP contribution is -2.73. The molecule has 2 atom stereocenters. The number of hydrogen-bond acceptors (Lipinski definition) is 2. The predicted octanol–water partition coefficient (Wildman–Crippen LogP) is 1.80. The summed E-state index contributed by atoms with van der Waals surface area (Å²) in [6.07, 6.45) is -4.47. The van der Waals surface area contributed by atoms with E-state index in [1.165, 1.54) is 0 Å². The summed E-state index contributed by atoms with van der Waals surface area (Å²) in [6.45, 7) is 1.29. The van der Waals surface area contributed by atoms with Gasteiger partial charge >= 0.3 is 12.0 Å². The minimum atomic E-state index is -3.85. The Morgan fingerprint density at radius 2 is 2.19 bits per heavy atom. The van der Waals surface area contributed by atoms with Crippen molar-refractivity contribution >= 4 is 6.09 Å². The van der Waals surface area contributed by atoms with Crippen LogP contribution in [0.4, 0.5) is 18.0 Å². The van der Waals surface area contributed by atoms with Crippen LogP contribution < -0.4 is 5.73 Å². The first-order valence-electron chi connectivity index (χ1n) is 5.08. The highest BCUT2D eigenvalue weighted by molar-refractivity contribution is 5.66. The molecule has 0 aromatic rings. The second-order valence-electron chi connectivity index (χ2n) is 3.99. The smallest absolute Gasteiger partial charge is 0.408 e. The quantitative estimate of drug-likeness (QED) is 0.773. The van der Waals surface area contributed by atoms with Gasteiger partial charge in [0.1, 0.15) is 0 Å². The van der Waals surface area contributed by atoms with Crippen molar-refractivity contribution < 1.29 is 23.1 Å². The van der Waals surface area contributed by atoms with Gasteiger partial charge in [-0.15, -0.1) is 0 Å². The fourth-order valence-corrected chi connectivity index (χ4v) is 2.02. The number of amides is 1. The zero-order chi connectivity index (χ0) is 12.6. The number of carboxylic acid groups (broad SMARTS) is 1. The first-order chi connectivity index (χ1) is 7.27. The van der Waals surface area contributed by atoms with E-state index < -0.39 is 30.3 Å². The molecule has 2 unspecified atom stereocenters. The molecule has 7 heteroatoms. The van der Waals surface area contributed by atoms with E-state index in [2.05, 4.69) is 0 Å². The Kier molecular flexibility index (Phi) is 3.37. The Balaban J connectivity index is 3.11. The number of nitrogens with zero attached hydrogens (tertiary/aromatic N) is 1. The van der Waals surface area contributed by atoms with Gasteiger partial charge in [-0.05, 0) is 6.42 Å². The van der Waals surface area contributed by atoms with Gasteiger partial charge in [0.25, 0.3) is 0 Å². The summed E-state index contributed by atoms with van der Waals surface area (Å²) in [6, 6.07) is 0. The highest BCUT2D eigenvalue weighted by atomic mass is 19.3. The molecule has 0 aliphatic carbocycles. The molecule has 0 spiro atoms. The van der Waals surface area contributed by atoms with Crippen molar-refractivity contribution in [1.82, 2.24) is 4.90 Å². The maximum atomic E-state index is 13.6. The number of piperidine rings is 1. The Bertz CT molecular complexity index is 288. The Morgan fingerprint density at radius 1 is 1.62 bits per heavy atom. The van der Waals surface area contributed by atoms with E-state index in [1.54, 1.807) is 6.92 Å². The maximum absolute atomic E-state index is 13.6. The van der Waals surface area contributed by atoms with Crippen molar-refractivity contribution in [1.29, 1.82) is 0 Å². The third kappa shape index (κ3) is 1.73. The molecule has 0 bridgehead atoms. The number of nitrogens with two attached hydrogens (primary N) is 1. The summed E-state index contributed by atoms with van der Waals surface area (Å²) in [5, 5.41) is 8.81. The number of halogens is 3. The molecule has 94 valence electrons. The lowest BCUT2D eigenvalue weighted by Gasteiger charge is -2.48. The molecule has 1 aliphatic heterocycles. The number of hydrogen-bond donors (Lipinski definition) is 2. The SMILES string of the molecule is CCCC1(N)N(C(=O)O)CCC(F)C1(F)F. The van der Waals surface area contributed by atoms with E-state index in [0.29, 0.717) is 4.90 Å². The van der Waals surface area contributed by atoms with Crippen LogP contribution in [-0.4, -0.2) is 40.4 Å². The summed E-state index contributed by atoms with van der Waals surface area (Å²) in [4.78, 5) is 11.3. The van der Waals surface area contributed by atoms with E-state index in [-0.39, 0.29) is 19.4 Å². The Hall–Kier alpha value is -0.980. The van der Waals surface area contributed by atoms with Crippen LogP contribution in [0.3, 0.4) is 0 Å². The molecule has 4 nitrogen and oxygen atoms in total. The van der Waals surface area contributed by atoms with E-state index in [1.807, 2.05) is 0 Å². The van der Waals surface area contributed by atoms with Gasteiger partial charge in [0.15, 0.2) is 11.8 Å². The molecular weight excluding hydrogens is 225 g/mol.